The Morgan fingerprint density at radius 3 is 2.68 bits per heavy atom. The molecular weight excluding hydrogens is 372 g/mol. The quantitative estimate of drug-likeness (QED) is 0.521. The zero-order valence-corrected chi connectivity index (χ0v) is 15.7. The topological polar surface area (TPSA) is 70.7 Å². The average molecular weight is 389 g/mol. The van der Waals surface area contributed by atoms with Crippen LogP contribution in [0.25, 0.3) is 23.0 Å². The molecule has 1 fully saturated rings. The van der Waals surface area contributed by atoms with Gasteiger partial charge in [-0.2, -0.15) is 10.4 Å². The van der Waals surface area contributed by atoms with Gasteiger partial charge in [0, 0.05) is 28.4 Å². The number of nitrogens with zero attached hydrogens (tertiary/aromatic N) is 3. The van der Waals surface area contributed by atoms with Crippen LogP contribution in [0.5, 0.6) is 0 Å². The van der Waals surface area contributed by atoms with Crippen LogP contribution in [0.15, 0.2) is 66.4 Å². The summed E-state index contributed by atoms with van der Waals surface area (Å²) in [5, 5.41) is 17.6. The molecule has 1 N–H and O–H groups in total. The fourth-order valence-corrected chi connectivity index (χ4v) is 3.05. The predicted octanol–water partition coefficient (Wildman–Crippen LogP) is 4.38. The molecule has 0 spiro atoms. The Kier molecular flexibility index (Phi) is 4.96. The van der Waals surface area contributed by atoms with Crippen molar-refractivity contribution < 1.29 is 4.79 Å². The second-order valence-electron chi connectivity index (χ2n) is 6.64. The Morgan fingerprint density at radius 2 is 2.00 bits per heavy atom. The molecule has 5 nitrogen and oxygen atoms in total. The number of para-hydroxylation sites is 1. The second-order valence-corrected chi connectivity index (χ2v) is 7.08. The van der Waals surface area contributed by atoms with E-state index in [1.165, 1.54) is 0 Å². The summed E-state index contributed by atoms with van der Waals surface area (Å²) in [6.45, 7) is 0. The van der Waals surface area contributed by atoms with Crippen molar-refractivity contribution in [2.75, 3.05) is 0 Å². The van der Waals surface area contributed by atoms with Crippen LogP contribution in [-0.4, -0.2) is 21.7 Å². The first-order valence-corrected chi connectivity index (χ1v) is 9.35. The Morgan fingerprint density at radius 1 is 1.21 bits per heavy atom. The largest absolute Gasteiger partial charge is 0.349 e. The number of rotatable bonds is 5. The lowest BCUT2D eigenvalue weighted by Crippen LogP contribution is -2.26. The van der Waals surface area contributed by atoms with E-state index in [9.17, 15) is 10.1 Å². The van der Waals surface area contributed by atoms with E-state index in [1.54, 1.807) is 16.8 Å². The number of halogens is 1. The van der Waals surface area contributed by atoms with Crippen LogP contribution in [0.4, 0.5) is 0 Å². The molecule has 2 aromatic carbocycles. The molecule has 0 unspecified atom stereocenters. The third-order valence-corrected chi connectivity index (χ3v) is 4.67. The van der Waals surface area contributed by atoms with Crippen molar-refractivity contribution in [1.82, 2.24) is 15.1 Å². The van der Waals surface area contributed by atoms with Gasteiger partial charge in [0.1, 0.15) is 17.3 Å². The highest BCUT2D eigenvalue weighted by molar-refractivity contribution is 6.30. The van der Waals surface area contributed by atoms with Gasteiger partial charge in [0.15, 0.2) is 0 Å². The minimum Gasteiger partial charge on any atom is -0.349 e. The first-order valence-electron chi connectivity index (χ1n) is 8.98. The lowest BCUT2D eigenvalue weighted by molar-refractivity contribution is -0.117. The summed E-state index contributed by atoms with van der Waals surface area (Å²) in [5.41, 5.74) is 3.08. The minimum atomic E-state index is -0.352. The highest BCUT2D eigenvalue weighted by atomic mass is 35.5. The predicted molar refractivity (Wildman–Crippen MR) is 109 cm³/mol. The van der Waals surface area contributed by atoms with E-state index in [4.69, 9.17) is 11.6 Å². The van der Waals surface area contributed by atoms with Gasteiger partial charge in [-0.3, -0.25) is 4.79 Å². The van der Waals surface area contributed by atoms with E-state index in [0.717, 1.165) is 24.1 Å². The highest BCUT2D eigenvalue weighted by Crippen LogP contribution is 2.28. The molecular formula is C22H17ClN4O. The SMILES string of the molecule is N#C/C(=C\c1cn(-c2ccccc2)nc1-c1cccc(Cl)c1)C(=O)NC1CC1. The molecule has 1 aliphatic carbocycles. The third kappa shape index (κ3) is 3.98. The maximum atomic E-state index is 12.4. The van der Waals surface area contributed by atoms with Crippen molar-refractivity contribution >= 4 is 23.6 Å². The summed E-state index contributed by atoms with van der Waals surface area (Å²) in [6.07, 6.45) is 5.32. The number of carbonyl (C=O) groups is 1. The van der Waals surface area contributed by atoms with Crippen LogP contribution in [0.1, 0.15) is 18.4 Å². The molecule has 0 bridgehead atoms. The van der Waals surface area contributed by atoms with Crippen molar-refractivity contribution in [3.05, 3.63) is 77.0 Å². The van der Waals surface area contributed by atoms with E-state index in [-0.39, 0.29) is 17.5 Å². The number of hydrogen-bond acceptors (Lipinski definition) is 3. The van der Waals surface area contributed by atoms with Gasteiger partial charge in [0.25, 0.3) is 5.91 Å². The lowest BCUT2D eigenvalue weighted by Gasteiger charge is -2.02. The summed E-state index contributed by atoms with van der Waals surface area (Å²) < 4.78 is 1.73. The van der Waals surface area contributed by atoms with Crippen molar-refractivity contribution in [1.29, 1.82) is 5.26 Å². The summed E-state index contributed by atoms with van der Waals surface area (Å²) in [5.74, 6) is -0.352. The van der Waals surface area contributed by atoms with Crippen molar-refractivity contribution in [2.45, 2.75) is 18.9 Å². The molecule has 1 aromatic heterocycles. The first kappa shape index (κ1) is 18.0. The first-order chi connectivity index (χ1) is 13.6. The van der Waals surface area contributed by atoms with Gasteiger partial charge in [-0.15, -0.1) is 0 Å². The summed E-state index contributed by atoms with van der Waals surface area (Å²) in [7, 11) is 0. The Balaban J connectivity index is 1.80. The van der Waals surface area contributed by atoms with E-state index in [0.29, 0.717) is 16.3 Å². The Hall–Kier alpha value is -3.36. The van der Waals surface area contributed by atoms with Crippen LogP contribution in [0.3, 0.4) is 0 Å². The number of hydrogen-bond donors (Lipinski definition) is 1. The summed E-state index contributed by atoms with van der Waals surface area (Å²) in [4.78, 5) is 12.4. The van der Waals surface area contributed by atoms with Crippen LogP contribution in [0, 0.1) is 11.3 Å². The van der Waals surface area contributed by atoms with E-state index in [1.807, 2.05) is 60.8 Å². The fraction of sp³-hybridized carbons (Fsp3) is 0.136. The average Bonchev–Trinajstić information content (AvgIpc) is 3.42. The normalized spacial score (nSPS) is 13.8. The van der Waals surface area contributed by atoms with E-state index >= 15 is 0 Å². The monoisotopic (exact) mass is 388 g/mol. The molecule has 4 rings (SSSR count). The molecule has 1 saturated carbocycles. The second kappa shape index (κ2) is 7.71. The van der Waals surface area contributed by atoms with Gasteiger partial charge >= 0.3 is 0 Å². The van der Waals surface area contributed by atoms with Crippen molar-refractivity contribution in [3.63, 3.8) is 0 Å². The molecule has 0 radical (unpaired) electrons. The smallest absolute Gasteiger partial charge is 0.262 e. The van der Waals surface area contributed by atoms with Crippen LogP contribution in [0.2, 0.25) is 5.02 Å². The number of nitrogens with one attached hydrogen (secondary N) is 1. The van der Waals surface area contributed by atoms with Gasteiger partial charge in [-0.25, -0.2) is 4.68 Å². The molecule has 1 amide bonds. The minimum absolute atomic E-state index is 0.0581. The fourth-order valence-electron chi connectivity index (χ4n) is 2.86. The molecule has 1 aliphatic rings. The number of carbonyl (C=O) groups excluding carboxylic acids is 1. The van der Waals surface area contributed by atoms with Crippen LogP contribution in [-0.2, 0) is 4.79 Å². The third-order valence-electron chi connectivity index (χ3n) is 4.44. The van der Waals surface area contributed by atoms with Gasteiger partial charge in [-0.1, -0.05) is 41.9 Å². The van der Waals surface area contributed by atoms with E-state index < -0.39 is 0 Å². The van der Waals surface area contributed by atoms with Gasteiger partial charge in [-0.05, 0) is 43.2 Å². The standard InChI is InChI=1S/C22H17ClN4O/c23-18-6-4-5-15(12-18)21-17(11-16(13-24)22(28)25-19-9-10-19)14-27(26-21)20-7-2-1-3-8-20/h1-8,11-12,14,19H,9-10H2,(H,25,28)/b16-11+. The molecule has 1 heterocycles. The van der Waals surface area contributed by atoms with Gasteiger partial charge in [0.2, 0.25) is 0 Å². The summed E-state index contributed by atoms with van der Waals surface area (Å²) >= 11 is 6.15. The number of benzene rings is 2. The molecule has 138 valence electrons. The molecule has 0 atom stereocenters. The maximum absolute atomic E-state index is 12.4. The zero-order valence-electron chi connectivity index (χ0n) is 15.0. The van der Waals surface area contributed by atoms with Crippen LogP contribution >= 0.6 is 11.6 Å². The van der Waals surface area contributed by atoms with Gasteiger partial charge < -0.3 is 5.32 Å². The van der Waals surface area contributed by atoms with Crippen molar-refractivity contribution in [3.8, 4) is 23.0 Å². The number of nitriles is 1. The van der Waals surface area contributed by atoms with Gasteiger partial charge in [0.05, 0.1) is 5.69 Å². The molecule has 28 heavy (non-hydrogen) atoms. The highest BCUT2D eigenvalue weighted by Gasteiger charge is 2.25. The zero-order chi connectivity index (χ0) is 19.5. The summed E-state index contributed by atoms with van der Waals surface area (Å²) in [6, 6.07) is 19.2. The van der Waals surface area contributed by atoms with E-state index in [2.05, 4.69) is 10.4 Å². The maximum Gasteiger partial charge on any atom is 0.262 e. The molecule has 3 aromatic rings. The molecule has 0 aliphatic heterocycles. The Labute approximate surface area is 167 Å². The lowest BCUT2D eigenvalue weighted by atomic mass is 10.1. The number of amides is 1. The Bertz CT molecular complexity index is 1090. The van der Waals surface area contributed by atoms with Crippen molar-refractivity contribution in [2.24, 2.45) is 0 Å². The molecule has 0 saturated heterocycles. The van der Waals surface area contributed by atoms with Crippen LogP contribution < -0.4 is 5.32 Å². The number of aromatic nitrogens is 2. The molecule has 6 heteroatoms.